The minimum Gasteiger partial charge on any atom is -0.459 e. The summed E-state index contributed by atoms with van der Waals surface area (Å²) in [4.78, 5) is 24.4. The fourth-order valence-electron chi connectivity index (χ4n) is 1.91. The molecule has 0 spiro atoms. The van der Waals surface area contributed by atoms with E-state index >= 15 is 0 Å². The maximum atomic E-state index is 12.4. The summed E-state index contributed by atoms with van der Waals surface area (Å²) in [5.41, 5.74) is 0.618. The quantitative estimate of drug-likeness (QED) is 0.887. The van der Waals surface area contributed by atoms with E-state index in [0.29, 0.717) is 10.7 Å². The lowest BCUT2D eigenvalue weighted by Gasteiger charge is -2.21. The molecule has 2 aromatic rings. The van der Waals surface area contributed by atoms with Gasteiger partial charge in [-0.25, -0.2) is 0 Å². The molecule has 2 rings (SSSR count). The molecule has 0 aliphatic carbocycles. The Morgan fingerprint density at radius 1 is 1.14 bits per heavy atom. The molecule has 2 amide bonds. The standard InChI is InChI=1S/C16H17ClN2O3/c1-10(2)14(19-15(20)13-4-3-9-22-13)16(21)18-12-7-5-11(17)6-8-12/h3-10,14H,1-2H3,(H,18,21)(H,19,20)/t14-/m0/s1. The number of carbonyl (C=O) groups excluding carboxylic acids is 2. The Morgan fingerprint density at radius 2 is 1.82 bits per heavy atom. The number of benzene rings is 1. The van der Waals surface area contributed by atoms with E-state index < -0.39 is 11.9 Å². The third-order valence-electron chi connectivity index (χ3n) is 3.09. The van der Waals surface area contributed by atoms with E-state index in [1.54, 1.807) is 36.4 Å². The Labute approximate surface area is 133 Å². The molecule has 1 atom stereocenters. The summed E-state index contributed by atoms with van der Waals surface area (Å²) in [5, 5.41) is 6.03. The van der Waals surface area contributed by atoms with Crippen molar-refractivity contribution in [3.63, 3.8) is 0 Å². The fraction of sp³-hybridized carbons (Fsp3) is 0.250. The normalized spacial score (nSPS) is 12.0. The number of rotatable bonds is 5. The topological polar surface area (TPSA) is 71.3 Å². The highest BCUT2D eigenvalue weighted by Gasteiger charge is 2.25. The zero-order chi connectivity index (χ0) is 16.1. The molecule has 2 N–H and O–H groups in total. The molecule has 0 fully saturated rings. The van der Waals surface area contributed by atoms with Crippen LogP contribution in [-0.4, -0.2) is 17.9 Å². The van der Waals surface area contributed by atoms with Gasteiger partial charge in [-0.05, 0) is 42.3 Å². The van der Waals surface area contributed by atoms with Crippen LogP contribution in [0, 0.1) is 5.92 Å². The lowest BCUT2D eigenvalue weighted by molar-refractivity contribution is -0.118. The lowest BCUT2D eigenvalue weighted by Crippen LogP contribution is -2.47. The molecular formula is C16H17ClN2O3. The van der Waals surface area contributed by atoms with Gasteiger partial charge in [0.05, 0.1) is 6.26 Å². The first-order chi connectivity index (χ1) is 10.5. The highest BCUT2D eigenvalue weighted by molar-refractivity contribution is 6.30. The Kier molecular flexibility index (Phi) is 5.22. The summed E-state index contributed by atoms with van der Waals surface area (Å²) in [7, 11) is 0. The molecule has 0 unspecified atom stereocenters. The van der Waals surface area contributed by atoms with Crippen LogP contribution in [0.3, 0.4) is 0 Å². The van der Waals surface area contributed by atoms with Crippen molar-refractivity contribution >= 4 is 29.1 Å². The Bertz CT molecular complexity index is 636. The lowest BCUT2D eigenvalue weighted by atomic mass is 10.0. The molecule has 1 heterocycles. The number of amides is 2. The summed E-state index contributed by atoms with van der Waals surface area (Å²) in [6.07, 6.45) is 1.41. The van der Waals surface area contributed by atoms with Crippen LogP contribution in [0.4, 0.5) is 5.69 Å². The van der Waals surface area contributed by atoms with Crippen molar-refractivity contribution in [1.82, 2.24) is 5.32 Å². The van der Waals surface area contributed by atoms with Crippen LogP contribution >= 0.6 is 11.6 Å². The van der Waals surface area contributed by atoms with Gasteiger partial charge in [0.1, 0.15) is 6.04 Å². The van der Waals surface area contributed by atoms with E-state index in [4.69, 9.17) is 16.0 Å². The van der Waals surface area contributed by atoms with Crippen LogP contribution in [-0.2, 0) is 4.79 Å². The Hall–Kier alpha value is -2.27. The van der Waals surface area contributed by atoms with Gasteiger partial charge in [0.15, 0.2) is 5.76 Å². The molecule has 6 heteroatoms. The number of halogens is 1. The van der Waals surface area contributed by atoms with Crippen molar-refractivity contribution < 1.29 is 14.0 Å². The predicted octanol–water partition coefficient (Wildman–Crippen LogP) is 3.33. The molecule has 116 valence electrons. The van der Waals surface area contributed by atoms with Gasteiger partial charge in [-0.15, -0.1) is 0 Å². The molecule has 0 radical (unpaired) electrons. The minimum atomic E-state index is -0.673. The van der Waals surface area contributed by atoms with Crippen molar-refractivity contribution in [3.05, 3.63) is 53.4 Å². The molecule has 1 aromatic heterocycles. The number of anilines is 1. The van der Waals surface area contributed by atoms with Gasteiger partial charge in [-0.3, -0.25) is 9.59 Å². The van der Waals surface area contributed by atoms with E-state index in [1.807, 2.05) is 13.8 Å². The van der Waals surface area contributed by atoms with Gasteiger partial charge in [0, 0.05) is 10.7 Å². The minimum absolute atomic E-state index is 0.0776. The van der Waals surface area contributed by atoms with E-state index in [2.05, 4.69) is 10.6 Å². The molecule has 1 aromatic carbocycles. The van der Waals surface area contributed by atoms with Crippen LogP contribution in [0.15, 0.2) is 47.1 Å². The number of furan rings is 1. The van der Waals surface area contributed by atoms with Crippen LogP contribution in [0.1, 0.15) is 24.4 Å². The molecule has 0 saturated carbocycles. The fourth-order valence-corrected chi connectivity index (χ4v) is 2.03. The summed E-state index contributed by atoms with van der Waals surface area (Å²) in [5.74, 6) is -0.622. The van der Waals surface area contributed by atoms with Gasteiger partial charge in [0.25, 0.3) is 5.91 Å². The Balaban J connectivity index is 2.05. The van der Waals surface area contributed by atoms with Crippen molar-refractivity contribution in [1.29, 1.82) is 0 Å². The second-order valence-corrected chi connectivity index (χ2v) is 5.61. The predicted molar refractivity (Wildman–Crippen MR) is 84.9 cm³/mol. The first-order valence-corrected chi connectivity index (χ1v) is 7.26. The summed E-state index contributed by atoms with van der Waals surface area (Å²) < 4.78 is 5.03. The van der Waals surface area contributed by atoms with Crippen LogP contribution in [0.2, 0.25) is 5.02 Å². The molecule has 0 saturated heterocycles. The Morgan fingerprint density at radius 3 is 2.36 bits per heavy atom. The average Bonchev–Trinajstić information content (AvgIpc) is 3.00. The maximum Gasteiger partial charge on any atom is 0.287 e. The van der Waals surface area contributed by atoms with E-state index in [9.17, 15) is 9.59 Å². The van der Waals surface area contributed by atoms with Crippen LogP contribution in [0.5, 0.6) is 0 Å². The molecule has 0 aliphatic rings. The monoisotopic (exact) mass is 320 g/mol. The second kappa shape index (κ2) is 7.13. The van der Waals surface area contributed by atoms with Crippen molar-refractivity contribution in [2.24, 2.45) is 5.92 Å². The van der Waals surface area contributed by atoms with Gasteiger partial charge in [0.2, 0.25) is 5.91 Å². The molecular weight excluding hydrogens is 304 g/mol. The molecule has 0 bridgehead atoms. The maximum absolute atomic E-state index is 12.4. The number of hydrogen-bond donors (Lipinski definition) is 2. The first-order valence-electron chi connectivity index (χ1n) is 6.88. The second-order valence-electron chi connectivity index (χ2n) is 5.17. The first kappa shape index (κ1) is 16.1. The summed E-state index contributed by atoms with van der Waals surface area (Å²) in [6, 6.07) is 9.26. The summed E-state index contributed by atoms with van der Waals surface area (Å²) in [6.45, 7) is 3.71. The summed E-state index contributed by atoms with van der Waals surface area (Å²) >= 11 is 5.81. The zero-order valence-corrected chi connectivity index (χ0v) is 13.1. The SMILES string of the molecule is CC(C)[C@H](NC(=O)c1ccco1)C(=O)Nc1ccc(Cl)cc1. The number of carbonyl (C=O) groups is 2. The highest BCUT2D eigenvalue weighted by atomic mass is 35.5. The van der Waals surface area contributed by atoms with Crippen LogP contribution in [0.25, 0.3) is 0 Å². The van der Waals surface area contributed by atoms with E-state index in [-0.39, 0.29) is 17.6 Å². The van der Waals surface area contributed by atoms with E-state index in [1.165, 1.54) is 6.26 Å². The van der Waals surface area contributed by atoms with Crippen molar-refractivity contribution in [3.8, 4) is 0 Å². The van der Waals surface area contributed by atoms with Gasteiger partial charge in [-0.2, -0.15) is 0 Å². The van der Waals surface area contributed by atoms with Crippen molar-refractivity contribution in [2.45, 2.75) is 19.9 Å². The number of hydrogen-bond acceptors (Lipinski definition) is 3. The van der Waals surface area contributed by atoms with Crippen molar-refractivity contribution in [2.75, 3.05) is 5.32 Å². The van der Waals surface area contributed by atoms with Gasteiger partial charge < -0.3 is 15.1 Å². The smallest absolute Gasteiger partial charge is 0.287 e. The van der Waals surface area contributed by atoms with E-state index in [0.717, 1.165) is 0 Å². The largest absolute Gasteiger partial charge is 0.459 e. The van der Waals surface area contributed by atoms with Crippen LogP contribution < -0.4 is 10.6 Å². The highest BCUT2D eigenvalue weighted by Crippen LogP contribution is 2.15. The zero-order valence-electron chi connectivity index (χ0n) is 12.3. The molecule has 0 aliphatic heterocycles. The third-order valence-corrected chi connectivity index (χ3v) is 3.34. The molecule has 22 heavy (non-hydrogen) atoms. The van der Waals surface area contributed by atoms with Gasteiger partial charge >= 0.3 is 0 Å². The third kappa shape index (κ3) is 4.11. The molecule has 5 nitrogen and oxygen atoms in total. The van der Waals surface area contributed by atoms with Gasteiger partial charge in [-0.1, -0.05) is 25.4 Å². The average molecular weight is 321 g/mol. The number of nitrogens with one attached hydrogen (secondary N) is 2.